The second-order valence-corrected chi connectivity index (χ2v) is 5.33. The molecule has 0 bridgehead atoms. The minimum absolute atomic E-state index is 0.0858. The van der Waals surface area contributed by atoms with Crippen LogP contribution in [0, 0.1) is 5.92 Å². The zero-order valence-electron chi connectivity index (χ0n) is 11.5. The van der Waals surface area contributed by atoms with Crippen molar-refractivity contribution >= 4 is 5.78 Å². The standard InChI is InChI=1S/C18H18O2/c1-13-16(19)12-17(14-8-4-2-5-9-14)20-18(13)15-10-6-3-7-11-15/h2-11,13,17-18H,12H2,1H3/t13-,17-,18-/m1/s1. The van der Waals surface area contributed by atoms with E-state index >= 15 is 0 Å². The van der Waals surface area contributed by atoms with Crippen molar-refractivity contribution < 1.29 is 9.53 Å². The Morgan fingerprint density at radius 3 is 2.05 bits per heavy atom. The van der Waals surface area contributed by atoms with E-state index in [9.17, 15) is 4.79 Å². The lowest BCUT2D eigenvalue weighted by Gasteiger charge is -2.34. The van der Waals surface area contributed by atoms with Crippen LogP contribution in [0.15, 0.2) is 60.7 Å². The van der Waals surface area contributed by atoms with Gasteiger partial charge in [0.2, 0.25) is 0 Å². The summed E-state index contributed by atoms with van der Waals surface area (Å²) in [5.74, 6) is 0.191. The SMILES string of the molecule is C[C@@H]1C(=O)C[C@H](c2ccccc2)O[C@H]1c1ccccc1. The first-order chi connectivity index (χ1) is 9.75. The molecule has 102 valence electrons. The minimum atomic E-state index is -0.150. The lowest BCUT2D eigenvalue weighted by atomic mass is 9.86. The molecule has 0 spiro atoms. The molecule has 3 rings (SSSR count). The van der Waals surface area contributed by atoms with Crippen molar-refractivity contribution in [1.29, 1.82) is 0 Å². The van der Waals surface area contributed by atoms with Crippen molar-refractivity contribution in [1.82, 2.24) is 0 Å². The number of carbonyl (C=O) groups excluding carboxylic acids is 1. The summed E-state index contributed by atoms with van der Waals surface area (Å²) < 4.78 is 6.22. The summed E-state index contributed by atoms with van der Waals surface area (Å²) in [4.78, 5) is 12.3. The Morgan fingerprint density at radius 1 is 0.900 bits per heavy atom. The molecule has 0 radical (unpaired) electrons. The van der Waals surface area contributed by atoms with Crippen molar-refractivity contribution in [3.8, 4) is 0 Å². The lowest BCUT2D eigenvalue weighted by molar-refractivity contribution is -0.146. The van der Waals surface area contributed by atoms with Gasteiger partial charge in [-0.2, -0.15) is 0 Å². The van der Waals surface area contributed by atoms with E-state index in [2.05, 4.69) is 0 Å². The first-order valence-corrected chi connectivity index (χ1v) is 7.04. The van der Waals surface area contributed by atoms with Crippen LogP contribution >= 0.6 is 0 Å². The van der Waals surface area contributed by atoms with Crippen LogP contribution in [0.5, 0.6) is 0 Å². The first-order valence-electron chi connectivity index (χ1n) is 7.04. The molecular formula is C18H18O2. The van der Waals surface area contributed by atoms with Crippen LogP contribution in [0.2, 0.25) is 0 Å². The molecule has 0 amide bonds. The van der Waals surface area contributed by atoms with E-state index in [4.69, 9.17) is 4.74 Å². The molecule has 2 heteroatoms. The molecule has 0 unspecified atom stereocenters. The van der Waals surface area contributed by atoms with Gasteiger partial charge < -0.3 is 4.74 Å². The fourth-order valence-electron chi connectivity index (χ4n) is 2.75. The highest BCUT2D eigenvalue weighted by molar-refractivity contribution is 5.82. The molecule has 3 atom stereocenters. The van der Waals surface area contributed by atoms with Gasteiger partial charge in [0.15, 0.2) is 0 Å². The summed E-state index contributed by atoms with van der Waals surface area (Å²) >= 11 is 0. The summed E-state index contributed by atoms with van der Waals surface area (Å²) in [7, 11) is 0. The predicted molar refractivity (Wildman–Crippen MR) is 78.2 cm³/mol. The number of benzene rings is 2. The van der Waals surface area contributed by atoms with Crippen molar-refractivity contribution in [3.63, 3.8) is 0 Å². The Bertz CT molecular complexity index is 577. The number of ketones is 1. The van der Waals surface area contributed by atoms with E-state index in [-0.39, 0.29) is 23.9 Å². The Labute approximate surface area is 119 Å². The highest BCUT2D eigenvalue weighted by Crippen LogP contribution is 2.40. The molecular weight excluding hydrogens is 248 g/mol. The molecule has 2 aromatic rings. The van der Waals surface area contributed by atoms with Gasteiger partial charge >= 0.3 is 0 Å². The Balaban J connectivity index is 1.89. The largest absolute Gasteiger partial charge is 0.364 e. The fraction of sp³-hybridized carbons (Fsp3) is 0.278. The van der Waals surface area contributed by atoms with E-state index in [0.717, 1.165) is 11.1 Å². The smallest absolute Gasteiger partial charge is 0.141 e. The highest BCUT2D eigenvalue weighted by atomic mass is 16.5. The molecule has 1 aliphatic rings. The molecule has 1 heterocycles. The average molecular weight is 266 g/mol. The molecule has 20 heavy (non-hydrogen) atoms. The Morgan fingerprint density at radius 2 is 1.45 bits per heavy atom. The predicted octanol–water partition coefficient (Wildman–Crippen LogP) is 4.09. The third-order valence-corrected chi connectivity index (χ3v) is 3.96. The van der Waals surface area contributed by atoms with Crippen LogP contribution in [0.4, 0.5) is 0 Å². The zero-order chi connectivity index (χ0) is 13.9. The molecule has 0 aromatic heterocycles. The number of Topliss-reactive ketones (excluding diaryl/α,β-unsaturated/α-hetero) is 1. The maximum Gasteiger partial charge on any atom is 0.141 e. The summed E-state index contributed by atoms with van der Waals surface area (Å²) in [6.07, 6.45) is 0.182. The fourth-order valence-corrected chi connectivity index (χ4v) is 2.75. The molecule has 0 saturated carbocycles. The molecule has 2 nitrogen and oxygen atoms in total. The van der Waals surface area contributed by atoms with E-state index < -0.39 is 0 Å². The van der Waals surface area contributed by atoms with Gasteiger partial charge in [-0.15, -0.1) is 0 Å². The van der Waals surface area contributed by atoms with Gasteiger partial charge in [0, 0.05) is 12.3 Å². The van der Waals surface area contributed by atoms with E-state index in [1.807, 2.05) is 67.6 Å². The normalized spacial score (nSPS) is 26.4. The third-order valence-electron chi connectivity index (χ3n) is 3.96. The summed E-state index contributed by atoms with van der Waals surface area (Å²) in [6, 6.07) is 20.0. The van der Waals surface area contributed by atoms with E-state index in [1.54, 1.807) is 0 Å². The number of ether oxygens (including phenoxy) is 1. The number of hydrogen-bond acceptors (Lipinski definition) is 2. The van der Waals surface area contributed by atoms with Crippen molar-refractivity contribution in [2.45, 2.75) is 25.6 Å². The van der Waals surface area contributed by atoms with Gasteiger partial charge in [-0.1, -0.05) is 67.6 Å². The van der Waals surface area contributed by atoms with Crippen molar-refractivity contribution in [2.75, 3.05) is 0 Å². The average Bonchev–Trinajstić information content (AvgIpc) is 2.51. The van der Waals surface area contributed by atoms with Gasteiger partial charge in [0.1, 0.15) is 5.78 Å². The second kappa shape index (κ2) is 5.59. The maximum absolute atomic E-state index is 12.3. The summed E-state index contributed by atoms with van der Waals surface area (Å²) in [5.41, 5.74) is 2.16. The van der Waals surface area contributed by atoms with Crippen molar-refractivity contribution in [3.05, 3.63) is 71.8 Å². The van der Waals surface area contributed by atoms with Crippen LogP contribution < -0.4 is 0 Å². The zero-order valence-corrected chi connectivity index (χ0v) is 11.5. The Kier molecular flexibility index (Phi) is 3.66. The van der Waals surface area contributed by atoms with E-state index in [1.165, 1.54) is 0 Å². The molecule has 1 saturated heterocycles. The monoisotopic (exact) mass is 266 g/mol. The minimum Gasteiger partial charge on any atom is -0.364 e. The molecule has 2 aromatic carbocycles. The molecule has 0 N–H and O–H groups in total. The van der Waals surface area contributed by atoms with E-state index in [0.29, 0.717) is 6.42 Å². The number of hydrogen-bond donors (Lipinski definition) is 0. The Hall–Kier alpha value is -1.93. The van der Waals surface area contributed by atoms with Gasteiger partial charge in [0.05, 0.1) is 12.2 Å². The van der Waals surface area contributed by atoms with Crippen molar-refractivity contribution in [2.24, 2.45) is 5.92 Å². The molecule has 0 aliphatic carbocycles. The topological polar surface area (TPSA) is 26.3 Å². The van der Waals surface area contributed by atoms with Gasteiger partial charge in [-0.3, -0.25) is 4.79 Å². The molecule has 1 fully saturated rings. The highest BCUT2D eigenvalue weighted by Gasteiger charge is 2.35. The van der Waals surface area contributed by atoms with Gasteiger partial charge in [0.25, 0.3) is 0 Å². The quantitative estimate of drug-likeness (QED) is 0.818. The van der Waals surface area contributed by atoms with Crippen LogP contribution in [0.1, 0.15) is 36.7 Å². The lowest BCUT2D eigenvalue weighted by Crippen LogP contribution is -2.31. The first kappa shape index (κ1) is 13.1. The summed E-state index contributed by atoms with van der Waals surface area (Å²) in [6.45, 7) is 1.96. The van der Waals surface area contributed by atoms with Crippen LogP contribution in [0.3, 0.4) is 0 Å². The third kappa shape index (κ3) is 2.52. The summed E-state index contributed by atoms with van der Waals surface area (Å²) in [5, 5.41) is 0. The molecule has 1 aliphatic heterocycles. The number of rotatable bonds is 2. The number of carbonyl (C=O) groups is 1. The van der Waals surface area contributed by atoms with Crippen LogP contribution in [-0.2, 0) is 9.53 Å². The van der Waals surface area contributed by atoms with Crippen LogP contribution in [-0.4, -0.2) is 5.78 Å². The second-order valence-electron chi connectivity index (χ2n) is 5.33. The van der Waals surface area contributed by atoms with Gasteiger partial charge in [-0.25, -0.2) is 0 Å². The van der Waals surface area contributed by atoms with Gasteiger partial charge in [-0.05, 0) is 11.1 Å². The van der Waals surface area contributed by atoms with Crippen LogP contribution in [0.25, 0.3) is 0 Å². The maximum atomic E-state index is 12.3.